The first-order chi connectivity index (χ1) is 14.2. The van der Waals surface area contributed by atoms with Crippen molar-refractivity contribution < 1.29 is 9.59 Å². The summed E-state index contributed by atoms with van der Waals surface area (Å²) in [6.07, 6.45) is 1.84. The van der Waals surface area contributed by atoms with E-state index in [1.54, 1.807) is 43.3 Å². The van der Waals surface area contributed by atoms with Crippen LogP contribution in [0, 0.1) is 0 Å². The van der Waals surface area contributed by atoms with Gasteiger partial charge in [-0.3, -0.25) is 9.59 Å². The highest BCUT2D eigenvalue weighted by molar-refractivity contribution is 6.36. The van der Waals surface area contributed by atoms with Crippen molar-refractivity contribution in [2.45, 2.75) is 45.7 Å². The van der Waals surface area contributed by atoms with Gasteiger partial charge in [0.15, 0.2) is 0 Å². The van der Waals surface area contributed by atoms with Crippen LogP contribution in [0.15, 0.2) is 36.4 Å². The second-order valence-corrected chi connectivity index (χ2v) is 8.61. The van der Waals surface area contributed by atoms with Gasteiger partial charge in [-0.05, 0) is 43.2 Å². The number of benzene rings is 2. The van der Waals surface area contributed by atoms with Gasteiger partial charge in [0.05, 0.1) is 6.42 Å². The van der Waals surface area contributed by atoms with E-state index in [9.17, 15) is 9.59 Å². The third-order valence-electron chi connectivity index (χ3n) is 4.74. The van der Waals surface area contributed by atoms with Gasteiger partial charge < -0.3 is 10.2 Å². The van der Waals surface area contributed by atoms with E-state index in [2.05, 4.69) is 5.32 Å². The smallest absolute Gasteiger partial charge is 0.242 e. The van der Waals surface area contributed by atoms with Crippen LogP contribution in [0.25, 0.3) is 0 Å². The van der Waals surface area contributed by atoms with Crippen molar-refractivity contribution in [3.8, 4) is 0 Å². The first-order valence-electron chi connectivity index (χ1n) is 9.68. The number of hydrogen-bond acceptors (Lipinski definition) is 2. The van der Waals surface area contributed by atoms with Crippen molar-refractivity contribution in [1.82, 2.24) is 10.2 Å². The minimum absolute atomic E-state index is 0.0185. The topological polar surface area (TPSA) is 49.4 Å². The van der Waals surface area contributed by atoms with Crippen LogP contribution >= 0.6 is 46.4 Å². The Kier molecular flexibility index (Phi) is 9.76. The highest BCUT2D eigenvalue weighted by atomic mass is 35.5. The lowest BCUT2D eigenvalue weighted by Crippen LogP contribution is -2.48. The molecule has 8 heteroatoms. The number of carbonyl (C=O) groups excluding carboxylic acids is 2. The Balaban J connectivity index is 2.29. The standard InChI is InChI=1S/C22H24Cl4N2O2/c1-3-4-10-27-22(30)14(2)28(13-17-18(24)6-5-7-19(17)25)21(29)11-15-8-9-16(23)12-20(15)26/h5-9,12,14H,3-4,10-11,13H2,1-2H3,(H,27,30)/t14-/m1/s1. The molecular weight excluding hydrogens is 466 g/mol. The molecule has 1 N–H and O–H groups in total. The van der Waals surface area contributed by atoms with Crippen LogP contribution in [0.2, 0.25) is 20.1 Å². The molecule has 0 aliphatic carbocycles. The first-order valence-corrected chi connectivity index (χ1v) is 11.2. The molecule has 2 rings (SSSR count). The summed E-state index contributed by atoms with van der Waals surface area (Å²) in [5.74, 6) is -0.504. The molecule has 4 nitrogen and oxygen atoms in total. The maximum atomic E-state index is 13.2. The average Bonchev–Trinajstić information content (AvgIpc) is 2.69. The quantitative estimate of drug-likeness (QED) is 0.427. The first kappa shape index (κ1) is 24.8. The predicted octanol–water partition coefficient (Wildman–Crippen LogP) is 6.18. The molecule has 1 atom stereocenters. The molecule has 0 bridgehead atoms. The molecule has 0 heterocycles. The van der Waals surface area contributed by atoms with Crippen LogP contribution < -0.4 is 5.32 Å². The van der Waals surface area contributed by atoms with Gasteiger partial charge in [0.25, 0.3) is 0 Å². The molecule has 2 aromatic carbocycles. The molecule has 0 aliphatic rings. The lowest BCUT2D eigenvalue weighted by atomic mass is 10.1. The highest BCUT2D eigenvalue weighted by Gasteiger charge is 2.27. The summed E-state index contributed by atoms with van der Waals surface area (Å²) in [4.78, 5) is 27.4. The van der Waals surface area contributed by atoms with Crippen LogP contribution in [-0.4, -0.2) is 29.3 Å². The summed E-state index contributed by atoms with van der Waals surface area (Å²) >= 11 is 24.8. The number of nitrogens with zero attached hydrogens (tertiary/aromatic N) is 1. The SMILES string of the molecule is CCCCNC(=O)[C@@H](C)N(Cc1c(Cl)cccc1Cl)C(=O)Cc1ccc(Cl)cc1Cl. The van der Waals surface area contributed by atoms with E-state index < -0.39 is 6.04 Å². The molecule has 2 amide bonds. The predicted molar refractivity (Wildman–Crippen MR) is 125 cm³/mol. The van der Waals surface area contributed by atoms with E-state index >= 15 is 0 Å². The maximum absolute atomic E-state index is 13.2. The molecule has 0 aliphatic heterocycles. The number of carbonyl (C=O) groups is 2. The number of rotatable bonds is 9. The monoisotopic (exact) mass is 488 g/mol. The molecule has 30 heavy (non-hydrogen) atoms. The average molecular weight is 490 g/mol. The Bertz CT molecular complexity index is 884. The lowest BCUT2D eigenvalue weighted by Gasteiger charge is -2.29. The largest absolute Gasteiger partial charge is 0.354 e. The van der Waals surface area contributed by atoms with Crippen LogP contribution in [0.3, 0.4) is 0 Å². The lowest BCUT2D eigenvalue weighted by molar-refractivity contribution is -0.140. The van der Waals surface area contributed by atoms with Crippen molar-refractivity contribution >= 4 is 58.2 Å². The van der Waals surface area contributed by atoms with Gasteiger partial charge in [0.2, 0.25) is 11.8 Å². The van der Waals surface area contributed by atoms with Crippen molar-refractivity contribution in [3.63, 3.8) is 0 Å². The van der Waals surface area contributed by atoms with Crippen LogP contribution in [0.4, 0.5) is 0 Å². The molecule has 162 valence electrons. The molecule has 0 radical (unpaired) electrons. The summed E-state index contributed by atoms with van der Waals surface area (Å²) < 4.78 is 0. The zero-order chi connectivity index (χ0) is 22.3. The number of halogens is 4. The molecular formula is C22H24Cl4N2O2. The Labute approximate surface area is 197 Å². The number of hydrogen-bond donors (Lipinski definition) is 1. The third kappa shape index (κ3) is 6.78. The van der Waals surface area contributed by atoms with E-state index in [1.165, 1.54) is 4.90 Å². The molecule has 0 unspecified atom stereocenters. The van der Waals surface area contributed by atoms with Crippen LogP contribution in [-0.2, 0) is 22.6 Å². The zero-order valence-electron chi connectivity index (χ0n) is 16.9. The Morgan fingerprint density at radius 1 is 1.03 bits per heavy atom. The fourth-order valence-electron chi connectivity index (χ4n) is 2.90. The van der Waals surface area contributed by atoms with E-state index in [1.807, 2.05) is 6.92 Å². The molecule has 0 saturated heterocycles. The van der Waals surface area contributed by atoms with Gasteiger partial charge in [0, 0.05) is 38.7 Å². The summed E-state index contributed by atoms with van der Waals surface area (Å²) in [6.45, 7) is 4.39. The third-order valence-corrected chi connectivity index (χ3v) is 6.04. The number of nitrogens with one attached hydrogen (secondary N) is 1. The zero-order valence-corrected chi connectivity index (χ0v) is 19.9. The van der Waals surface area contributed by atoms with Gasteiger partial charge in [-0.25, -0.2) is 0 Å². The van der Waals surface area contributed by atoms with Gasteiger partial charge in [0.1, 0.15) is 6.04 Å². The second kappa shape index (κ2) is 11.8. The Hall–Kier alpha value is -1.46. The Morgan fingerprint density at radius 3 is 2.30 bits per heavy atom. The number of amides is 2. The van der Waals surface area contributed by atoms with Gasteiger partial charge in [-0.15, -0.1) is 0 Å². The fraction of sp³-hybridized carbons (Fsp3) is 0.364. The minimum atomic E-state index is -0.715. The summed E-state index contributed by atoms with van der Waals surface area (Å²) in [5.41, 5.74) is 1.21. The number of unbranched alkanes of at least 4 members (excludes halogenated alkanes) is 1. The van der Waals surface area contributed by atoms with Crippen molar-refractivity contribution in [2.24, 2.45) is 0 Å². The summed E-state index contributed by atoms with van der Waals surface area (Å²) in [5, 5.41) is 4.62. The van der Waals surface area contributed by atoms with Gasteiger partial charge >= 0.3 is 0 Å². The van der Waals surface area contributed by atoms with Crippen molar-refractivity contribution in [1.29, 1.82) is 0 Å². The van der Waals surface area contributed by atoms with Gasteiger partial charge in [-0.2, -0.15) is 0 Å². The van der Waals surface area contributed by atoms with Crippen LogP contribution in [0.5, 0.6) is 0 Å². The Morgan fingerprint density at radius 2 is 1.70 bits per heavy atom. The van der Waals surface area contributed by atoms with Crippen molar-refractivity contribution in [2.75, 3.05) is 6.54 Å². The van der Waals surface area contributed by atoms with E-state index in [0.29, 0.717) is 37.8 Å². The molecule has 0 fully saturated rings. The van der Waals surface area contributed by atoms with Crippen molar-refractivity contribution in [3.05, 3.63) is 67.6 Å². The fourth-order valence-corrected chi connectivity index (χ4v) is 3.89. The summed E-state index contributed by atoms with van der Waals surface area (Å²) in [7, 11) is 0. The second-order valence-electron chi connectivity index (χ2n) is 6.95. The molecule has 2 aromatic rings. The highest BCUT2D eigenvalue weighted by Crippen LogP contribution is 2.27. The molecule has 0 aromatic heterocycles. The van der Waals surface area contributed by atoms with E-state index in [4.69, 9.17) is 46.4 Å². The van der Waals surface area contributed by atoms with E-state index in [0.717, 1.165) is 12.8 Å². The van der Waals surface area contributed by atoms with E-state index in [-0.39, 0.29) is 24.8 Å². The normalized spacial score (nSPS) is 11.8. The molecule has 0 spiro atoms. The maximum Gasteiger partial charge on any atom is 0.242 e. The minimum Gasteiger partial charge on any atom is -0.354 e. The van der Waals surface area contributed by atoms with Crippen LogP contribution in [0.1, 0.15) is 37.8 Å². The van der Waals surface area contributed by atoms with Gasteiger partial charge in [-0.1, -0.05) is 71.9 Å². The molecule has 0 saturated carbocycles. The summed E-state index contributed by atoms with van der Waals surface area (Å²) in [6, 6.07) is 9.38.